The first-order valence-corrected chi connectivity index (χ1v) is 8.91. The molecule has 120 valence electrons. The van der Waals surface area contributed by atoms with Crippen LogP contribution in [0.1, 0.15) is 26.2 Å². The molecule has 0 spiro atoms. The number of hydrogen-bond donors (Lipinski definition) is 1. The third kappa shape index (κ3) is 4.96. The Labute approximate surface area is 124 Å². The largest absolute Gasteiger partial charge is 0.330 e. The minimum absolute atomic E-state index is 0.475. The van der Waals surface area contributed by atoms with Gasteiger partial charge in [0, 0.05) is 32.7 Å². The van der Waals surface area contributed by atoms with Gasteiger partial charge in [0.2, 0.25) is 0 Å². The first-order valence-electron chi connectivity index (χ1n) is 7.51. The zero-order valence-corrected chi connectivity index (χ0v) is 13.9. The molecule has 2 N–H and O–H groups in total. The number of nitrogens with zero attached hydrogens (tertiary/aromatic N) is 3. The van der Waals surface area contributed by atoms with Crippen LogP contribution in [-0.4, -0.2) is 75.3 Å². The number of piperidine rings is 1. The van der Waals surface area contributed by atoms with Crippen LogP contribution in [0.25, 0.3) is 0 Å². The molecule has 1 saturated heterocycles. The average molecular weight is 306 g/mol. The van der Waals surface area contributed by atoms with Gasteiger partial charge in [-0.2, -0.15) is 17.0 Å². The minimum atomic E-state index is -3.31. The molecule has 0 saturated carbocycles. The quantitative estimate of drug-likeness (QED) is 0.694. The van der Waals surface area contributed by atoms with Crippen molar-refractivity contribution in [1.82, 2.24) is 13.5 Å². The van der Waals surface area contributed by atoms with E-state index < -0.39 is 10.2 Å². The number of hydrogen-bond acceptors (Lipinski definition) is 4. The highest BCUT2D eigenvalue weighted by Gasteiger charge is 2.32. The van der Waals surface area contributed by atoms with Gasteiger partial charge in [-0.3, -0.25) is 0 Å². The lowest BCUT2D eigenvalue weighted by Gasteiger charge is -2.35. The SMILES string of the molecule is CCCN(CCN(C)C)S(=O)(=O)N1CCC(CN)CC1. The Bertz CT molecular complexity index is 365. The molecule has 0 bridgehead atoms. The van der Waals surface area contributed by atoms with Gasteiger partial charge in [0.1, 0.15) is 0 Å². The summed E-state index contributed by atoms with van der Waals surface area (Å²) in [5, 5.41) is 0. The molecular weight excluding hydrogens is 276 g/mol. The van der Waals surface area contributed by atoms with Crippen LogP contribution in [-0.2, 0) is 10.2 Å². The molecule has 0 radical (unpaired) electrons. The fourth-order valence-electron chi connectivity index (χ4n) is 2.44. The molecule has 1 aliphatic heterocycles. The van der Waals surface area contributed by atoms with E-state index in [0.29, 0.717) is 38.6 Å². The van der Waals surface area contributed by atoms with Crippen molar-refractivity contribution in [2.75, 3.05) is 53.4 Å². The molecule has 1 rings (SSSR count). The van der Waals surface area contributed by atoms with E-state index in [2.05, 4.69) is 0 Å². The molecule has 1 heterocycles. The standard InChI is InChI=1S/C13H30N4O2S/c1-4-7-16(11-10-15(2)3)20(18,19)17-8-5-13(12-14)6-9-17/h13H,4-12,14H2,1-3H3. The summed E-state index contributed by atoms with van der Waals surface area (Å²) in [6, 6.07) is 0. The van der Waals surface area contributed by atoms with Gasteiger partial charge in [0.15, 0.2) is 0 Å². The van der Waals surface area contributed by atoms with Crippen molar-refractivity contribution >= 4 is 10.2 Å². The summed E-state index contributed by atoms with van der Waals surface area (Å²) in [7, 11) is 0.609. The molecule has 0 atom stereocenters. The van der Waals surface area contributed by atoms with Crippen molar-refractivity contribution in [3.63, 3.8) is 0 Å². The molecule has 0 aromatic heterocycles. The normalized spacial score (nSPS) is 19.1. The topological polar surface area (TPSA) is 69.9 Å². The predicted octanol–water partition coefficient (Wildman–Crippen LogP) is 0.176. The van der Waals surface area contributed by atoms with Crippen LogP contribution in [0.5, 0.6) is 0 Å². The summed E-state index contributed by atoms with van der Waals surface area (Å²) in [5.41, 5.74) is 5.66. The van der Waals surface area contributed by atoms with Gasteiger partial charge < -0.3 is 10.6 Å². The summed E-state index contributed by atoms with van der Waals surface area (Å²) in [5.74, 6) is 0.475. The number of likely N-dealkylation sites (N-methyl/N-ethyl adjacent to an activating group) is 1. The highest BCUT2D eigenvalue weighted by atomic mass is 32.2. The molecule has 7 heteroatoms. The van der Waals surface area contributed by atoms with Crippen LogP contribution in [0.3, 0.4) is 0 Å². The van der Waals surface area contributed by atoms with Crippen molar-refractivity contribution < 1.29 is 8.42 Å². The maximum Gasteiger partial charge on any atom is 0.282 e. The second kappa shape index (κ2) is 8.29. The van der Waals surface area contributed by atoms with E-state index >= 15 is 0 Å². The highest BCUT2D eigenvalue weighted by Crippen LogP contribution is 2.20. The Kier molecular flexibility index (Phi) is 7.39. The van der Waals surface area contributed by atoms with Gasteiger partial charge in [0.25, 0.3) is 10.2 Å². The first kappa shape index (κ1) is 17.8. The van der Waals surface area contributed by atoms with Crippen molar-refractivity contribution in [3.05, 3.63) is 0 Å². The second-order valence-electron chi connectivity index (χ2n) is 5.79. The van der Waals surface area contributed by atoms with Gasteiger partial charge in [0.05, 0.1) is 0 Å². The Hall–Kier alpha value is -0.210. The van der Waals surface area contributed by atoms with Crippen LogP contribution in [0.4, 0.5) is 0 Å². The third-order valence-corrected chi connectivity index (χ3v) is 5.86. The lowest BCUT2D eigenvalue weighted by atomic mass is 9.99. The van der Waals surface area contributed by atoms with Crippen LogP contribution in [0.15, 0.2) is 0 Å². The minimum Gasteiger partial charge on any atom is -0.330 e. The van der Waals surface area contributed by atoms with Crippen molar-refractivity contribution in [2.24, 2.45) is 11.7 Å². The summed E-state index contributed by atoms with van der Waals surface area (Å²) in [4.78, 5) is 2.01. The summed E-state index contributed by atoms with van der Waals surface area (Å²) < 4.78 is 28.6. The van der Waals surface area contributed by atoms with E-state index in [9.17, 15) is 8.42 Å². The third-order valence-electron chi connectivity index (χ3n) is 3.83. The maximum atomic E-state index is 12.7. The van der Waals surface area contributed by atoms with Crippen LogP contribution < -0.4 is 5.73 Å². The predicted molar refractivity (Wildman–Crippen MR) is 82.7 cm³/mol. The van der Waals surface area contributed by atoms with E-state index in [1.807, 2.05) is 25.9 Å². The average Bonchev–Trinajstić information content (AvgIpc) is 2.43. The van der Waals surface area contributed by atoms with Crippen LogP contribution in [0.2, 0.25) is 0 Å². The summed E-state index contributed by atoms with van der Waals surface area (Å²) >= 11 is 0. The molecule has 0 unspecified atom stereocenters. The number of rotatable bonds is 8. The van der Waals surface area contributed by atoms with Crippen LogP contribution in [0, 0.1) is 5.92 Å². The molecule has 20 heavy (non-hydrogen) atoms. The van der Waals surface area contributed by atoms with E-state index in [1.54, 1.807) is 8.61 Å². The van der Waals surface area contributed by atoms with Crippen molar-refractivity contribution in [2.45, 2.75) is 26.2 Å². The monoisotopic (exact) mass is 306 g/mol. The zero-order valence-electron chi connectivity index (χ0n) is 13.1. The molecule has 0 aromatic carbocycles. The van der Waals surface area contributed by atoms with E-state index in [4.69, 9.17) is 5.73 Å². The summed E-state index contributed by atoms with van der Waals surface area (Å²) in [6.07, 6.45) is 2.60. The Morgan fingerprint density at radius 1 is 1.15 bits per heavy atom. The van der Waals surface area contributed by atoms with Gasteiger partial charge in [-0.15, -0.1) is 0 Å². The van der Waals surface area contributed by atoms with E-state index in [1.165, 1.54) is 0 Å². The molecule has 6 nitrogen and oxygen atoms in total. The number of nitrogens with two attached hydrogens (primary N) is 1. The molecule has 1 fully saturated rings. The van der Waals surface area contributed by atoms with Gasteiger partial charge in [-0.1, -0.05) is 6.92 Å². The Balaban J connectivity index is 2.67. The molecule has 0 aromatic rings. The Morgan fingerprint density at radius 3 is 2.20 bits per heavy atom. The van der Waals surface area contributed by atoms with E-state index in [-0.39, 0.29) is 0 Å². The summed E-state index contributed by atoms with van der Waals surface area (Å²) in [6.45, 7) is 5.77. The fourth-order valence-corrected chi connectivity index (χ4v) is 4.17. The van der Waals surface area contributed by atoms with Crippen molar-refractivity contribution in [1.29, 1.82) is 0 Å². The maximum absolute atomic E-state index is 12.7. The lowest BCUT2D eigenvalue weighted by Crippen LogP contribution is -2.49. The fraction of sp³-hybridized carbons (Fsp3) is 1.00. The van der Waals surface area contributed by atoms with Gasteiger partial charge >= 0.3 is 0 Å². The second-order valence-corrected chi connectivity index (χ2v) is 7.72. The molecule has 0 aliphatic carbocycles. The van der Waals surface area contributed by atoms with Crippen LogP contribution >= 0.6 is 0 Å². The zero-order chi connectivity index (χ0) is 15.2. The smallest absolute Gasteiger partial charge is 0.282 e. The highest BCUT2D eigenvalue weighted by molar-refractivity contribution is 7.86. The van der Waals surface area contributed by atoms with Gasteiger partial charge in [-0.05, 0) is 45.8 Å². The lowest BCUT2D eigenvalue weighted by molar-refractivity contribution is 0.250. The van der Waals surface area contributed by atoms with Gasteiger partial charge in [-0.25, -0.2) is 0 Å². The molecular formula is C13H30N4O2S. The Morgan fingerprint density at radius 2 is 1.75 bits per heavy atom. The molecule has 0 amide bonds. The van der Waals surface area contributed by atoms with Crippen molar-refractivity contribution in [3.8, 4) is 0 Å². The van der Waals surface area contributed by atoms with E-state index in [0.717, 1.165) is 25.8 Å². The first-order chi connectivity index (χ1) is 9.41. The molecule has 1 aliphatic rings.